The van der Waals surface area contributed by atoms with Gasteiger partial charge in [-0.1, -0.05) is 23.9 Å². The number of nitrogens with two attached hydrogens (primary N) is 1. The Morgan fingerprint density at radius 3 is 2.83 bits per heavy atom. The van der Waals surface area contributed by atoms with E-state index in [1.165, 1.54) is 19.1 Å². The summed E-state index contributed by atoms with van der Waals surface area (Å²) in [5.41, 5.74) is 5.19. The Bertz CT molecular complexity index is 517. The zero-order valence-corrected chi connectivity index (χ0v) is 10.4. The Labute approximate surface area is 107 Å². The molecule has 0 aliphatic heterocycles. The molecule has 5 nitrogen and oxygen atoms in total. The number of thioether (sulfide) groups is 1. The number of rotatable bonds is 4. The highest BCUT2D eigenvalue weighted by Crippen LogP contribution is 2.24. The minimum absolute atomic E-state index is 0.0437. The van der Waals surface area contributed by atoms with Crippen molar-refractivity contribution < 1.29 is 14.1 Å². The Balaban J connectivity index is 2.94. The Morgan fingerprint density at radius 1 is 1.61 bits per heavy atom. The monoisotopic (exact) mass is 270 g/mol. The molecule has 0 unspecified atom stereocenters. The number of carbonyl (C=O) groups is 1. The highest BCUT2D eigenvalue weighted by atomic mass is 32.2. The van der Waals surface area contributed by atoms with Gasteiger partial charge in [-0.05, 0) is 0 Å². The highest BCUT2D eigenvalue weighted by molar-refractivity contribution is 8.13. The highest BCUT2D eigenvalue weighted by Gasteiger charge is 2.12. The number of nitrogens with zero attached hydrogens (tertiary/aromatic N) is 1. The maximum atomic E-state index is 13.3. The van der Waals surface area contributed by atoms with E-state index in [2.05, 4.69) is 0 Å². The molecule has 0 amide bonds. The van der Waals surface area contributed by atoms with Crippen molar-refractivity contribution in [1.29, 1.82) is 0 Å². The molecule has 0 heterocycles. The average molecular weight is 270 g/mol. The first-order valence-electron chi connectivity index (χ1n) is 4.95. The van der Waals surface area contributed by atoms with Gasteiger partial charge < -0.3 is 5.73 Å². The molecule has 1 aromatic carbocycles. The van der Waals surface area contributed by atoms with Crippen molar-refractivity contribution >= 4 is 34.3 Å². The molecule has 0 fully saturated rings. The van der Waals surface area contributed by atoms with Gasteiger partial charge in [0.2, 0.25) is 0 Å². The van der Waals surface area contributed by atoms with Gasteiger partial charge in [0.1, 0.15) is 0 Å². The van der Waals surface area contributed by atoms with E-state index >= 15 is 0 Å². The molecular formula is C11H11FN2O3S. The first-order valence-corrected chi connectivity index (χ1v) is 5.93. The van der Waals surface area contributed by atoms with Gasteiger partial charge in [-0.15, -0.1) is 0 Å². The van der Waals surface area contributed by atoms with Crippen LogP contribution in [0.1, 0.15) is 12.5 Å². The van der Waals surface area contributed by atoms with E-state index in [1.807, 2.05) is 0 Å². The third-order valence-electron chi connectivity index (χ3n) is 2.04. The molecule has 0 spiro atoms. The molecule has 1 aromatic rings. The van der Waals surface area contributed by atoms with E-state index in [-0.39, 0.29) is 22.1 Å². The van der Waals surface area contributed by atoms with Gasteiger partial charge in [-0.25, -0.2) is 4.39 Å². The second kappa shape index (κ2) is 6.15. The van der Waals surface area contributed by atoms with E-state index in [0.717, 1.165) is 17.8 Å². The number of benzene rings is 1. The molecule has 0 aliphatic rings. The van der Waals surface area contributed by atoms with E-state index < -0.39 is 10.7 Å². The molecule has 96 valence electrons. The standard InChI is InChI=1S/C11H11FN2O3S/c1-7(15)18-4-2-3-8-5-9(14(16)17)6-10(12)11(8)13/h2-3,5-6H,4,13H2,1H3. The first-order chi connectivity index (χ1) is 8.41. The minimum atomic E-state index is -0.830. The number of non-ortho nitro benzene ring substituents is 1. The topological polar surface area (TPSA) is 86.2 Å². The number of nitro groups is 1. The van der Waals surface area contributed by atoms with Crippen molar-refractivity contribution in [3.8, 4) is 0 Å². The van der Waals surface area contributed by atoms with Crippen LogP contribution < -0.4 is 5.73 Å². The molecule has 1 rings (SSSR count). The quantitative estimate of drug-likeness (QED) is 0.516. The fraction of sp³-hybridized carbons (Fsp3) is 0.182. The van der Waals surface area contributed by atoms with Crippen LogP contribution in [0.5, 0.6) is 0 Å². The molecule has 0 atom stereocenters. The van der Waals surface area contributed by atoms with Gasteiger partial charge in [0.25, 0.3) is 5.69 Å². The molecule has 7 heteroatoms. The lowest BCUT2D eigenvalue weighted by molar-refractivity contribution is -0.385. The third-order valence-corrected chi connectivity index (χ3v) is 2.80. The summed E-state index contributed by atoms with van der Waals surface area (Å²) in [6, 6.07) is 1.96. The Hall–Kier alpha value is -1.89. The fourth-order valence-corrected chi connectivity index (χ4v) is 1.64. The van der Waals surface area contributed by atoms with E-state index in [4.69, 9.17) is 5.73 Å². The second-order valence-corrected chi connectivity index (χ2v) is 4.59. The van der Waals surface area contributed by atoms with E-state index in [9.17, 15) is 19.3 Å². The predicted octanol–water partition coefficient (Wildman–Crippen LogP) is 2.61. The maximum absolute atomic E-state index is 13.3. The molecule has 0 saturated heterocycles. The minimum Gasteiger partial charge on any atom is -0.396 e. The molecule has 0 bridgehead atoms. The summed E-state index contributed by atoms with van der Waals surface area (Å²) in [6.45, 7) is 1.43. The van der Waals surface area contributed by atoms with Crippen molar-refractivity contribution in [3.63, 3.8) is 0 Å². The maximum Gasteiger partial charge on any atom is 0.273 e. The summed E-state index contributed by atoms with van der Waals surface area (Å²) in [5, 5.41) is 10.5. The van der Waals surface area contributed by atoms with Crippen LogP contribution in [0.15, 0.2) is 18.2 Å². The van der Waals surface area contributed by atoms with Gasteiger partial charge in [-0.3, -0.25) is 14.9 Å². The van der Waals surface area contributed by atoms with Crippen LogP contribution in [-0.2, 0) is 4.79 Å². The molecule has 0 saturated carbocycles. The van der Waals surface area contributed by atoms with Crippen LogP contribution in [0, 0.1) is 15.9 Å². The average Bonchev–Trinajstić information content (AvgIpc) is 2.28. The van der Waals surface area contributed by atoms with Crippen molar-refractivity contribution in [1.82, 2.24) is 0 Å². The Kier molecular flexibility index (Phi) is 4.85. The molecule has 0 radical (unpaired) electrons. The summed E-state index contributed by atoms with van der Waals surface area (Å²) >= 11 is 1.08. The zero-order chi connectivity index (χ0) is 13.7. The van der Waals surface area contributed by atoms with Gasteiger partial charge in [-0.2, -0.15) is 0 Å². The lowest BCUT2D eigenvalue weighted by Crippen LogP contribution is -1.97. The normalized spacial score (nSPS) is 10.8. The number of halogens is 1. The number of nitrogen functional groups attached to an aromatic ring is 1. The summed E-state index contributed by atoms with van der Waals surface area (Å²) in [5.74, 6) is -0.429. The summed E-state index contributed by atoms with van der Waals surface area (Å²) < 4.78 is 13.3. The largest absolute Gasteiger partial charge is 0.396 e. The number of anilines is 1. The van der Waals surface area contributed by atoms with Crippen LogP contribution in [-0.4, -0.2) is 15.8 Å². The summed E-state index contributed by atoms with van der Waals surface area (Å²) in [7, 11) is 0. The van der Waals surface area contributed by atoms with Crippen LogP contribution in [0.3, 0.4) is 0 Å². The molecular weight excluding hydrogens is 259 g/mol. The summed E-state index contributed by atoms with van der Waals surface area (Å²) in [4.78, 5) is 20.5. The lowest BCUT2D eigenvalue weighted by Gasteiger charge is -2.02. The SMILES string of the molecule is CC(=O)SCC=Cc1cc([N+](=O)[O-])cc(F)c1N. The molecule has 18 heavy (non-hydrogen) atoms. The fourth-order valence-electron chi connectivity index (χ4n) is 1.21. The molecule has 0 aliphatic carbocycles. The number of hydrogen-bond acceptors (Lipinski definition) is 5. The van der Waals surface area contributed by atoms with E-state index in [1.54, 1.807) is 6.08 Å². The molecule has 0 aromatic heterocycles. The van der Waals surface area contributed by atoms with Gasteiger partial charge >= 0.3 is 0 Å². The van der Waals surface area contributed by atoms with Gasteiger partial charge in [0.05, 0.1) is 16.7 Å². The second-order valence-electron chi connectivity index (χ2n) is 3.39. The lowest BCUT2D eigenvalue weighted by atomic mass is 10.1. The number of carbonyl (C=O) groups excluding carboxylic acids is 1. The van der Waals surface area contributed by atoms with Crippen LogP contribution in [0.4, 0.5) is 15.8 Å². The summed E-state index contributed by atoms with van der Waals surface area (Å²) in [6.07, 6.45) is 3.06. The molecule has 2 N–H and O–H groups in total. The van der Waals surface area contributed by atoms with Crippen molar-refractivity contribution in [2.75, 3.05) is 11.5 Å². The smallest absolute Gasteiger partial charge is 0.273 e. The van der Waals surface area contributed by atoms with Crippen molar-refractivity contribution in [2.45, 2.75) is 6.92 Å². The van der Waals surface area contributed by atoms with Crippen LogP contribution in [0.2, 0.25) is 0 Å². The van der Waals surface area contributed by atoms with Gasteiger partial charge in [0, 0.05) is 24.3 Å². The van der Waals surface area contributed by atoms with Crippen molar-refractivity contribution in [2.24, 2.45) is 0 Å². The van der Waals surface area contributed by atoms with Gasteiger partial charge in [0.15, 0.2) is 10.9 Å². The van der Waals surface area contributed by atoms with Crippen LogP contribution in [0.25, 0.3) is 6.08 Å². The van der Waals surface area contributed by atoms with Crippen LogP contribution >= 0.6 is 11.8 Å². The Morgan fingerprint density at radius 2 is 2.28 bits per heavy atom. The number of nitro benzene ring substituents is 1. The zero-order valence-electron chi connectivity index (χ0n) is 9.55. The third kappa shape index (κ3) is 3.85. The van der Waals surface area contributed by atoms with E-state index in [0.29, 0.717) is 5.75 Å². The van der Waals surface area contributed by atoms with Crippen molar-refractivity contribution in [3.05, 3.63) is 39.7 Å². The first kappa shape index (κ1) is 14.2. The predicted molar refractivity (Wildman–Crippen MR) is 69.6 cm³/mol. The number of hydrogen-bond donors (Lipinski definition) is 1.